The Morgan fingerprint density at radius 2 is 1.89 bits per heavy atom. The highest BCUT2D eigenvalue weighted by atomic mass is 32.2. The van der Waals surface area contributed by atoms with Crippen LogP contribution in [0, 0.1) is 0 Å². The minimum absolute atomic E-state index is 0.00100. The molecule has 0 saturated carbocycles. The van der Waals surface area contributed by atoms with E-state index in [1.54, 1.807) is 24.3 Å². The van der Waals surface area contributed by atoms with Crippen molar-refractivity contribution in [1.82, 2.24) is 8.87 Å². The SMILES string of the molecule is CCOc1ccccc1C(=O)Cn1c(=O)oc2cc(S(=O)(=O)N(C)C)ccc21. The molecule has 0 unspecified atom stereocenters. The smallest absolute Gasteiger partial charge is 0.420 e. The zero-order valence-electron chi connectivity index (χ0n) is 15.7. The highest BCUT2D eigenvalue weighted by Gasteiger charge is 2.21. The number of hydrogen-bond acceptors (Lipinski definition) is 6. The first-order valence-corrected chi connectivity index (χ1v) is 10.0. The van der Waals surface area contributed by atoms with E-state index in [-0.39, 0.29) is 22.8 Å². The van der Waals surface area contributed by atoms with Crippen molar-refractivity contribution in [1.29, 1.82) is 0 Å². The van der Waals surface area contributed by atoms with Gasteiger partial charge in [-0.15, -0.1) is 0 Å². The average molecular weight is 404 g/mol. The van der Waals surface area contributed by atoms with Gasteiger partial charge in [-0.1, -0.05) is 12.1 Å². The maximum absolute atomic E-state index is 12.7. The van der Waals surface area contributed by atoms with Crippen LogP contribution in [0.3, 0.4) is 0 Å². The molecule has 28 heavy (non-hydrogen) atoms. The molecule has 0 aliphatic rings. The molecule has 0 aliphatic heterocycles. The summed E-state index contributed by atoms with van der Waals surface area (Å²) < 4.78 is 37.4. The second-order valence-corrected chi connectivity index (χ2v) is 8.38. The van der Waals surface area contributed by atoms with E-state index >= 15 is 0 Å². The fraction of sp³-hybridized carbons (Fsp3) is 0.263. The van der Waals surface area contributed by atoms with Crippen molar-refractivity contribution >= 4 is 26.9 Å². The van der Waals surface area contributed by atoms with E-state index in [2.05, 4.69) is 0 Å². The van der Waals surface area contributed by atoms with E-state index in [1.165, 1.54) is 36.9 Å². The average Bonchev–Trinajstić information content (AvgIpc) is 2.97. The van der Waals surface area contributed by atoms with Gasteiger partial charge in [0.15, 0.2) is 11.4 Å². The van der Waals surface area contributed by atoms with Crippen LogP contribution in [0.15, 0.2) is 56.6 Å². The molecule has 1 heterocycles. The number of hydrogen-bond donors (Lipinski definition) is 0. The third-order valence-electron chi connectivity index (χ3n) is 4.21. The molecule has 8 nitrogen and oxygen atoms in total. The minimum Gasteiger partial charge on any atom is -0.493 e. The number of para-hydroxylation sites is 1. The van der Waals surface area contributed by atoms with Crippen LogP contribution in [0.1, 0.15) is 17.3 Å². The summed E-state index contributed by atoms with van der Waals surface area (Å²) in [6.45, 7) is 1.96. The Hall–Kier alpha value is -2.91. The molecule has 0 N–H and O–H groups in total. The van der Waals surface area contributed by atoms with Crippen LogP contribution in [-0.2, 0) is 16.6 Å². The van der Waals surface area contributed by atoms with Crippen LogP contribution >= 0.6 is 0 Å². The van der Waals surface area contributed by atoms with Crippen molar-refractivity contribution in [2.75, 3.05) is 20.7 Å². The normalized spacial score (nSPS) is 11.9. The number of nitrogens with zero attached hydrogens (tertiary/aromatic N) is 2. The number of benzene rings is 2. The topological polar surface area (TPSA) is 98.8 Å². The summed E-state index contributed by atoms with van der Waals surface area (Å²) in [4.78, 5) is 25.0. The van der Waals surface area contributed by atoms with Gasteiger partial charge < -0.3 is 9.15 Å². The summed E-state index contributed by atoms with van der Waals surface area (Å²) in [5, 5.41) is 0. The van der Waals surface area contributed by atoms with E-state index in [4.69, 9.17) is 9.15 Å². The van der Waals surface area contributed by atoms with Crippen molar-refractivity contribution in [2.45, 2.75) is 18.4 Å². The van der Waals surface area contributed by atoms with Gasteiger partial charge in [-0.2, -0.15) is 0 Å². The Kier molecular flexibility index (Phi) is 5.39. The lowest BCUT2D eigenvalue weighted by Crippen LogP contribution is -2.22. The number of ketones is 1. The quantitative estimate of drug-likeness (QED) is 0.560. The number of fused-ring (bicyclic) bond motifs is 1. The second-order valence-electron chi connectivity index (χ2n) is 6.22. The lowest BCUT2D eigenvalue weighted by Gasteiger charge is -2.11. The first-order valence-electron chi connectivity index (χ1n) is 8.56. The number of carbonyl (C=O) groups excluding carboxylic acids is 1. The molecule has 0 radical (unpaired) electrons. The van der Waals surface area contributed by atoms with Crippen LogP contribution in [0.4, 0.5) is 0 Å². The fourth-order valence-corrected chi connectivity index (χ4v) is 3.69. The van der Waals surface area contributed by atoms with Crippen molar-refractivity contribution in [2.24, 2.45) is 0 Å². The Balaban J connectivity index is 2.00. The summed E-state index contributed by atoms with van der Waals surface area (Å²) in [6, 6.07) is 10.9. The highest BCUT2D eigenvalue weighted by molar-refractivity contribution is 7.89. The molecular weight excluding hydrogens is 384 g/mol. The first-order chi connectivity index (χ1) is 13.3. The van der Waals surface area contributed by atoms with Gasteiger partial charge in [0.2, 0.25) is 10.0 Å². The van der Waals surface area contributed by atoms with Crippen LogP contribution in [0.5, 0.6) is 5.75 Å². The molecule has 0 amide bonds. The monoisotopic (exact) mass is 404 g/mol. The molecule has 3 aromatic rings. The number of Topliss-reactive ketones (excluding diaryl/α,β-unsaturated/α-hetero) is 1. The summed E-state index contributed by atoms with van der Waals surface area (Å²) in [7, 11) is -0.847. The molecule has 0 aliphatic carbocycles. The third-order valence-corrected chi connectivity index (χ3v) is 6.02. The number of oxazole rings is 1. The molecule has 0 bridgehead atoms. The van der Waals surface area contributed by atoms with Crippen LogP contribution < -0.4 is 10.5 Å². The molecule has 0 atom stereocenters. The Morgan fingerprint density at radius 3 is 2.57 bits per heavy atom. The van der Waals surface area contributed by atoms with Crippen molar-refractivity contribution in [3.8, 4) is 5.75 Å². The van der Waals surface area contributed by atoms with Gasteiger partial charge in [0.25, 0.3) is 0 Å². The molecule has 0 saturated heterocycles. The fourth-order valence-electron chi connectivity index (χ4n) is 2.77. The van der Waals surface area contributed by atoms with Crippen LogP contribution in [0.25, 0.3) is 11.1 Å². The van der Waals surface area contributed by atoms with Crippen molar-refractivity contribution in [3.05, 3.63) is 58.6 Å². The van der Waals surface area contributed by atoms with E-state index in [1.807, 2.05) is 6.92 Å². The summed E-state index contributed by atoms with van der Waals surface area (Å²) in [5.74, 6) is -0.620. The first kappa shape index (κ1) is 19.8. The molecular formula is C19H20N2O6S. The molecule has 2 aromatic carbocycles. The van der Waals surface area contributed by atoms with Gasteiger partial charge in [-0.25, -0.2) is 17.5 Å². The van der Waals surface area contributed by atoms with E-state index in [9.17, 15) is 18.0 Å². The van der Waals surface area contributed by atoms with Gasteiger partial charge in [0, 0.05) is 20.2 Å². The van der Waals surface area contributed by atoms with Gasteiger partial charge in [0.05, 0.1) is 29.1 Å². The number of carbonyl (C=O) groups is 1. The maximum atomic E-state index is 12.7. The molecule has 0 spiro atoms. The van der Waals surface area contributed by atoms with E-state index in [0.29, 0.717) is 23.4 Å². The highest BCUT2D eigenvalue weighted by Crippen LogP contribution is 2.22. The zero-order chi connectivity index (χ0) is 20.5. The minimum atomic E-state index is -3.67. The summed E-state index contributed by atoms with van der Waals surface area (Å²) in [6.07, 6.45) is 0. The summed E-state index contributed by atoms with van der Waals surface area (Å²) >= 11 is 0. The van der Waals surface area contributed by atoms with Crippen LogP contribution in [0.2, 0.25) is 0 Å². The summed E-state index contributed by atoms with van der Waals surface area (Å²) in [5.41, 5.74) is 0.793. The lowest BCUT2D eigenvalue weighted by molar-refractivity contribution is 0.0967. The molecule has 1 aromatic heterocycles. The molecule has 3 rings (SSSR count). The van der Waals surface area contributed by atoms with Crippen molar-refractivity contribution in [3.63, 3.8) is 0 Å². The number of sulfonamides is 1. The molecule has 9 heteroatoms. The van der Waals surface area contributed by atoms with E-state index < -0.39 is 15.8 Å². The standard InChI is InChI=1S/C19H20N2O6S/c1-4-26-17-8-6-5-7-14(17)16(22)12-21-15-10-9-13(28(24,25)20(2)3)11-18(15)27-19(21)23/h5-11H,4,12H2,1-3H3. The largest absolute Gasteiger partial charge is 0.493 e. The predicted octanol–water partition coefficient (Wildman–Crippen LogP) is 2.13. The van der Waals surface area contributed by atoms with E-state index in [0.717, 1.165) is 4.31 Å². The van der Waals surface area contributed by atoms with Gasteiger partial charge >= 0.3 is 5.76 Å². The zero-order valence-corrected chi connectivity index (χ0v) is 16.5. The molecule has 0 fully saturated rings. The number of ether oxygens (including phenoxy) is 1. The van der Waals surface area contributed by atoms with Gasteiger partial charge in [-0.05, 0) is 31.2 Å². The third kappa shape index (κ3) is 3.58. The Labute approximate surface area is 162 Å². The van der Waals surface area contributed by atoms with Crippen LogP contribution in [-0.4, -0.2) is 43.8 Å². The maximum Gasteiger partial charge on any atom is 0.420 e. The van der Waals surface area contributed by atoms with Gasteiger partial charge in [0.1, 0.15) is 5.75 Å². The predicted molar refractivity (Wildman–Crippen MR) is 103 cm³/mol. The number of aromatic nitrogens is 1. The number of rotatable bonds is 7. The Morgan fingerprint density at radius 1 is 1.18 bits per heavy atom. The second kappa shape index (κ2) is 7.61. The van der Waals surface area contributed by atoms with Gasteiger partial charge in [-0.3, -0.25) is 9.36 Å². The Bertz CT molecular complexity index is 1190. The lowest BCUT2D eigenvalue weighted by atomic mass is 10.1. The van der Waals surface area contributed by atoms with Crippen molar-refractivity contribution < 1.29 is 22.4 Å². The molecule has 148 valence electrons.